The number of hydrogen-bond acceptors (Lipinski definition) is 3. The highest BCUT2D eigenvalue weighted by atomic mass is 79.9. The molecule has 0 spiro atoms. The highest BCUT2D eigenvalue weighted by Crippen LogP contribution is 2.41. The molecule has 1 N–H and O–H groups in total. The van der Waals surface area contributed by atoms with Crippen molar-refractivity contribution in [2.45, 2.75) is 63.7 Å². The van der Waals surface area contributed by atoms with E-state index in [0.29, 0.717) is 5.92 Å². The van der Waals surface area contributed by atoms with Gasteiger partial charge in [0.1, 0.15) is 14.9 Å². The summed E-state index contributed by atoms with van der Waals surface area (Å²) in [4.78, 5) is 0. The Hall–Kier alpha value is -0.560. The lowest BCUT2D eigenvalue weighted by atomic mass is 10.0. The van der Waals surface area contributed by atoms with Gasteiger partial charge in [-0.2, -0.15) is 5.10 Å². The van der Waals surface area contributed by atoms with Gasteiger partial charge in [-0.05, 0) is 93.1 Å². The van der Waals surface area contributed by atoms with Crippen LogP contribution in [0, 0.1) is 0 Å². The Morgan fingerprint density at radius 2 is 1.87 bits per heavy atom. The molecule has 0 saturated heterocycles. The molecule has 126 valence electrons. The molecule has 2 aromatic heterocycles. The Morgan fingerprint density at radius 3 is 2.43 bits per heavy atom. The van der Waals surface area contributed by atoms with E-state index in [0.717, 1.165) is 15.8 Å². The summed E-state index contributed by atoms with van der Waals surface area (Å²) in [6.07, 6.45) is 2.56. The van der Waals surface area contributed by atoms with E-state index < -0.39 is 16.9 Å². The van der Waals surface area contributed by atoms with Crippen LogP contribution in [0.25, 0.3) is 5.52 Å². The van der Waals surface area contributed by atoms with Crippen molar-refractivity contribution in [2.24, 2.45) is 0 Å². The van der Waals surface area contributed by atoms with Crippen LogP contribution in [0.1, 0.15) is 64.6 Å². The fourth-order valence-corrected chi connectivity index (χ4v) is 3.90. The molecule has 1 fully saturated rings. The van der Waals surface area contributed by atoms with Crippen LogP contribution in [0.15, 0.2) is 22.8 Å². The minimum Gasteiger partial charge on any atom is -0.598 e. The van der Waals surface area contributed by atoms with Gasteiger partial charge in [-0.15, -0.1) is 4.72 Å². The van der Waals surface area contributed by atoms with E-state index in [-0.39, 0.29) is 4.75 Å². The highest BCUT2D eigenvalue weighted by molar-refractivity contribution is 9.10. The summed E-state index contributed by atoms with van der Waals surface area (Å²) < 4.78 is 18.2. The van der Waals surface area contributed by atoms with E-state index in [9.17, 15) is 4.55 Å². The lowest BCUT2D eigenvalue weighted by molar-refractivity contribution is 0.444. The maximum atomic E-state index is 12.4. The van der Waals surface area contributed by atoms with Crippen molar-refractivity contribution in [3.8, 4) is 0 Å². The molecule has 0 aromatic carbocycles. The van der Waals surface area contributed by atoms with E-state index in [1.807, 2.05) is 39.1 Å². The molecule has 0 unspecified atom stereocenters. The summed E-state index contributed by atoms with van der Waals surface area (Å²) in [5.41, 5.74) is 2.87. The molecule has 4 nitrogen and oxygen atoms in total. The summed E-state index contributed by atoms with van der Waals surface area (Å²) in [7, 11) is 0. The summed E-state index contributed by atoms with van der Waals surface area (Å²) in [5.74, 6) is 0.703. The molecule has 0 amide bonds. The topological polar surface area (TPSA) is 52.4 Å². The third-order valence-corrected chi connectivity index (χ3v) is 6.51. The number of halogens is 1. The first-order chi connectivity index (χ1) is 10.6. The molecule has 0 aliphatic heterocycles. The zero-order chi connectivity index (χ0) is 17.0. The second kappa shape index (κ2) is 5.76. The van der Waals surface area contributed by atoms with Crippen molar-refractivity contribution in [3.63, 3.8) is 0 Å². The number of aromatic nitrogens is 2. The van der Waals surface area contributed by atoms with E-state index in [1.54, 1.807) is 0 Å². The van der Waals surface area contributed by atoms with Crippen molar-refractivity contribution in [2.75, 3.05) is 0 Å². The van der Waals surface area contributed by atoms with E-state index in [2.05, 4.69) is 38.9 Å². The SMILES string of the molecule is CC(C)(N[S@+]([O-])C(C)(C)C)c1cc2cc(C3CC3)cc(Br)n2n1. The van der Waals surface area contributed by atoms with Crippen LogP contribution in [0.2, 0.25) is 0 Å². The monoisotopic (exact) mass is 397 g/mol. The van der Waals surface area contributed by atoms with Crippen LogP contribution >= 0.6 is 15.9 Å². The predicted octanol–water partition coefficient (Wildman–Crippen LogP) is 4.26. The van der Waals surface area contributed by atoms with Gasteiger partial charge < -0.3 is 4.55 Å². The molecule has 2 heterocycles. The van der Waals surface area contributed by atoms with Crippen LogP contribution in [-0.4, -0.2) is 18.9 Å². The Morgan fingerprint density at radius 1 is 1.22 bits per heavy atom. The lowest BCUT2D eigenvalue weighted by Gasteiger charge is -2.31. The Kier molecular flexibility index (Phi) is 4.32. The Bertz CT molecular complexity index is 731. The van der Waals surface area contributed by atoms with Gasteiger partial charge in [0, 0.05) is 11.4 Å². The molecule has 6 heteroatoms. The maximum absolute atomic E-state index is 12.4. The zero-order valence-corrected chi connectivity index (χ0v) is 16.7. The van der Waals surface area contributed by atoms with Gasteiger partial charge in [-0.3, -0.25) is 0 Å². The molecule has 23 heavy (non-hydrogen) atoms. The fraction of sp³-hybridized carbons (Fsp3) is 0.588. The summed E-state index contributed by atoms with van der Waals surface area (Å²) in [6.45, 7) is 9.94. The second-order valence-electron chi connectivity index (χ2n) is 7.86. The smallest absolute Gasteiger partial charge is 0.136 e. The molecular formula is C17H24BrN3OS. The number of pyridine rings is 1. The van der Waals surface area contributed by atoms with E-state index in [1.165, 1.54) is 18.4 Å². The number of rotatable bonds is 4. The third kappa shape index (κ3) is 3.60. The fourth-order valence-electron chi connectivity index (χ4n) is 2.48. The largest absolute Gasteiger partial charge is 0.598 e. The van der Waals surface area contributed by atoms with Crippen LogP contribution < -0.4 is 4.72 Å². The maximum Gasteiger partial charge on any atom is 0.136 e. The average Bonchev–Trinajstić information content (AvgIpc) is 3.16. The second-order valence-corrected chi connectivity index (χ2v) is 10.6. The number of fused-ring (bicyclic) bond motifs is 1. The Labute approximate surface area is 149 Å². The van der Waals surface area contributed by atoms with Gasteiger partial charge in [0.15, 0.2) is 0 Å². The van der Waals surface area contributed by atoms with E-state index >= 15 is 0 Å². The summed E-state index contributed by atoms with van der Waals surface area (Å²) >= 11 is 2.48. The molecular weight excluding hydrogens is 374 g/mol. The van der Waals surface area contributed by atoms with Crippen molar-refractivity contribution in [1.82, 2.24) is 14.3 Å². The lowest BCUT2D eigenvalue weighted by Crippen LogP contribution is -2.48. The zero-order valence-electron chi connectivity index (χ0n) is 14.3. The molecule has 1 atom stereocenters. The average molecular weight is 398 g/mol. The summed E-state index contributed by atoms with van der Waals surface area (Å²) in [5, 5.41) is 4.71. The first-order valence-corrected chi connectivity index (χ1v) is 9.91. The van der Waals surface area contributed by atoms with Crippen LogP contribution in [0.4, 0.5) is 0 Å². The van der Waals surface area contributed by atoms with Gasteiger partial charge in [-0.25, -0.2) is 4.52 Å². The van der Waals surface area contributed by atoms with Crippen molar-refractivity contribution < 1.29 is 4.55 Å². The van der Waals surface area contributed by atoms with E-state index in [4.69, 9.17) is 5.10 Å². The van der Waals surface area contributed by atoms with Crippen LogP contribution in [0.5, 0.6) is 0 Å². The molecule has 3 rings (SSSR count). The molecule has 0 radical (unpaired) electrons. The summed E-state index contributed by atoms with van der Waals surface area (Å²) in [6, 6.07) is 6.47. The third-order valence-electron chi connectivity index (χ3n) is 4.13. The molecule has 1 saturated carbocycles. The van der Waals surface area contributed by atoms with Crippen molar-refractivity contribution in [1.29, 1.82) is 0 Å². The van der Waals surface area contributed by atoms with Crippen LogP contribution in [0.3, 0.4) is 0 Å². The highest BCUT2D eigenvalue weighted by Gasteiger charge is 2.35. The minimum absolute atomic E-state index is 0.309. The molecule has 2 aromatic rings. The van der Waals surface area contributed by atoms with Crippen molar-refractivity contribution in [3.05, 3.63) is 34.1 Å². The number of hydrogen-bond donors (Lipinski definition) is 1. The minimum atomic E-state index is -1.15. The normalized spacial score (nSPS) is 17.7. The standard InChI is InChI=1S/C17H24BrN3OS/c1-16(2,3)23(22)20-17(4,5)14-10-13-8-12(11-6-7-11)9-15(18)21(13)19-14/h8-11,20H,6-7H2,1-5H3/t23-/m1/s1. The predicted molar refractivity (Wildman–Crippen MR) is 98.9 cm³/mol. The first kappa shape index (κ1) is 17.3. The van der Waals surface area contributed by atoms with Gasteiger partial charge in [0.2, 0.25) is 0 Å². The van der Waals surface area contributed by atoms with Gasteiger partial charge in [-0.1, -0.05) is 0 Å². The first-order valence-electron chi connectivity index (χ1n) is 7.97. The quantitative estimate of drug-likeness (QED) is 0.619. The van der Waals surface area contributed by atoms with Gasteiger partial charge >= 0.3 is 0 Å². The molecule has 1 aliphatic rings. The Balaban J connectivity index is 1.94. The van der Waals surface area contributed by atoms with Crippen molar-refractivity contribution >= 4 is 32.8 Å². The van der Waals surface area contributed by atoms with Crippen LogP contribution in [-0.2, 0) is 16.9 Å². The number of nitrogens with one attached hydrogen (secondary N) is 1. The van der Waals surface area contributed by atoms with Gasteiger partial charge in [0.25, 0.3) is 0 Å². The van der Waals surface area contributed by atoms with Gasteiger partial charge in [0.05, 0.1) is 11.2 Å². The number of nitrogens with zero attached hydrogens (tertiary/aromatic N) is 2. The molecule has 0 bridgehead atoms. The molecule has 1 aliphatic carbocycles.